The van der Waals surface area contributed by atoms with Crippen LogP contribution in [0.25, 0.3) is 0 Å². The third-order valence-corrected chi connectivity index (χ3v) is 5.50. The van der Waals surface area contributed by atoms with Crippen molar-refractivity contribution in [3.63, 3.8) is 0 Å². The van der Waals surface area contributed by atoms with E-state index in [9.17, 15) is 13.7 Å². The van der Waals surface area contributed by atoms with E-state index in [4.69, 9.17) is 0 Å². The van der Waals surface area contributed by atoms with Crippen molar-refractivity contribution in [1.29, 1.82) is 5.26 Å². The maximum Gasteiger partial charge on any atom is 0.151 e. The van der Waals surface area contributed by atoms with Gasteiger partial charge < -0.3 is 4.90 Å². The van der Waals surface area contributed by atoms with Crippen LogP contribution in [0.2, 0.25) is 0 Å². The molecule has 17 heavy (non-hydrogen) atoms. The highest BCUT2D eigenvalue weighted by Gasteiger charge is 2.61. The molecule has 1 saturated heterocycles. The second-order valence-electron chi connectivity index (χ2n) is 5.37. The normalized spacial score (nSPS) is 35.5. The number of sulfone groups is 1. The molecule has 6 heteroatoms. The summed E-state index contributed by atoms with van der Waals surface area (Å²) in [6.07, 6.45) is 1.75. The smallest absolute Gasteiger partial charge is 0.151 e. The van der Waals surface area contributed by atoms with Gasteiger partial charge in [0, 0.05) is 39.0 Å². The van der Waals surface area contributed by atoms with Crippen molar-refractivity contribution < 1.29 is 8.42 Å². The predicted molar refractivity (Wildman–Crippen MR) is 65.2 cm³/mol. The Hall–Kier alpha value is -0.640. The molecule has 0 aromatic rings. The number of piperazine rings is 1. The molecule has 0 bridgehead atoms. The summed E-state index contributed by atoms with van der Waals surface area (Å²) in [7, 11) is -0.993. The highest BCUT2D eigenvalue weighted by atomic mass is 32.2. The quantitative estimate of drug-likeness (QED) is 0.686. The van der Waals surface area contributed by atoms with Crippen LogP contribution in [0.5, 0.6) is 0 Å². The fraction of sp³-hybridized carbons (Fsp3) is 0.909. The molecule has 1 aliphatic heterocycles. The van der Waals surface area contributed by atoms with E-state index in [1.54, 1.807) is 0 Å². The second-order valence-corrected chi connectivity index (χ2v) is 7.60. The number of hydrogen-bond donors (Lipinski definition) is 0. The first-order chi connectivity index (χ1) is 7.87. The van der Waals surface area contributed by atoms with E-state index in [2.05, 4.69) is 22.9 Å². The summed E-state index contributed by atoms with van der Waals surface area (Å²) < 4.78 is 23.0. The van der Waals surface area contributed by atoms with Gasteiger partial charge >= 0.3 is 0 Å². The maximum absolute atomic E-state index is 11.5. The van der Waals surface area contributed by atoms with E-state index in [0.29, 0.717) is 13.0 Å². The molecule has 5 nitrogen and oxygen atoms in total. The van der Waals surface area contributed by atoms with Crippen LogP contribution < -0.4 is 0 Å². The van der Waals surface area contributed by atoms with Gasteiger partial charge in [-0.25, -0.2) is 8.42 Å². The van der Waals surface area contributed by atoms with Crippen molar-refractivity contribution in [3.8, 4) is 6.07 Å². The Morgan fingerprint density at radius 2 is 1.94 bits per heavy atom. The molecular formula is C11H19N3O2S. The lowest BCUT2D eigenvalue weighted by Gasteiger charge is -2.33. The van der Waals surface area contributed by atoms with Crippen LogP contribution in [-0.2, 0) is 9.84 Å². The highest BCUT2D eigenvalue weighted by Crippen LogP contribution is 2.50. The number of nitrogens with zero attached hydrogens (tertiary/aromatic N) is 3. The van der Waals surface area contributed by atoms with Crippen molar-refractivity contribution >= 4 is 9.84 Å². The first-order valence-electron chi connectivity index (χ1n) is 5.88. The Kier molecular flexibility index (Phi) is 3.19. The molecule has 96 valence electrons. The van der Waals surface area contributed by atoms with E-state index < -0.39 is 20.5 Å². The van der Waals surface area contributed by atoms with Gasteiger partial charge in [-0.2, -0.15) is 5.26 Å². The van der Waals surface area contributed by atoms with Crippen LogP contribution in [0.3, 0.4) is 0 Å². The summed E-state index contributed by atoms with van der Waals surface area (Å²) in [6, 6.07) is 2.23. The fourth-order valence-electron chi connectivity index (χ4n) is 2.56. The first kappa shape index (κ1) is 12.8. The second kappa shape index (κ2) is 4.23. The Morgan fingerprint density at radius 3 is 2.35 bits per heavy atom. The summed E-state index contributed by atoms with van der Waals surface area (Å²) in [5.74, 6) is 0. The van der Waals surface area contributed by atoms with Crippen molar-refractivity contribution in [3.05, 3.63) is 0 Å². The molecule has 1 aliphatic carbocycles. The zero-order chi connectivity index (χ0) is 12.7. The Morgan fingerprint density at radius 1 is 1.35 bits per heavy atom. The molecule has 0 N–H and O–H groups in total. The average molecular weight is 257 g/mol. The number of rotatable bonds is 3. The van der Waals surface area contributed by atoms with Crippen LogP contribution in [0.15, 0.2) is 0 Å². The van der Waals surface area contributed by atoms with Gasteiger partial charge in [-0.3, -0.25) is 4.90 Å². The van der Waals surface area contributed by atoms with Gasteiger partial charge in [-0.15, -0.1) is 0 Å². The third-order valence-electron chi connectivity index (χ3n) is 3.85. The summed E-state index contributed by atoms with van der Waals surface area (Å²) in [4.78, 5) is 4.46. The van der Waals surface area contributed by atoms with Gasteiger partial charge in [0.1, 0.15) is 0 Å². The molecule has 2 unspecified atom stereocenters. The minimum absolute atomic E-state index is 0.445. The van der Waals surface area contributed by atoms with Crippen molar-refractivity contribution in [2.45, 2.75) is 11.7 Å². The van der Waals surface area contributed by atoms with Crippen LogP contribution in [0.1, 0.15) is 6.42 Å². The van der Waals surface area contributed by atoms with Crippen LogP contribution in [-0.4, -0.2) is 69.5 Å². The first-order valence-corrected chi connectivity index (χ1v) is 7.84. The lowest BCUT2D eigenvalue weighted by molar-refractivity contribution is 0.140. The third kappa shape index (κ3) is 2.62. The molecular weight excluding hydrogens is 238 g/mol. The molecule has 0 aromatic heterocycles. The van der Waals surface area contributed by atoms with Crippen LogP contribution >= 0.6 is 0 Å². The van der Waals surface area contributed by atoms with Gasteiger partial charge in [0.2, 0.25) is 0 Å². The number of likely N-dealkylation sites (N-methyl/N-ethyl adjacent to an activating group) is 1. The Balaban J connectivity index is 1.97. The standard InChI is InChI=1S/C11H19N3O2S/c1-13-3-5-14(6-4-13)9-11(8-12)7-10(11)17(2,15)16/h10H,3-7,9H2,1-2H3. The molecule has 2 rings (SSSR count). The Bertz CT molecular complexity index is 434. The summed E-state index contributed by atoms with van der Waals surface area (Å²) in [6.45, 7) is 4.44. The van der Waals surface area contributed by atoms with E-state index in [1.807, 2.05) is 0 Å². The van der Waals surface area contributed by atoms with Gasteiger partial charge in [-0.05, 0) is 13.5 Å². The topological polar surface area (TPSA) is 64.4 Å². The lowest BCUT2D eigenvalue weighted by atomic mass is 10.1. The monoisotopic (exact) mass is 257 g/mol. The van der Waals surface area contributed by atoms with Crippen molar-refractivity contribution in [1.82, 2.24) is 9.80 Å². The minimum atomic E-state index is -3.07. The average Bonchev–Trinajstić information content (AvgIpc) is 2.97. The highest BCUT2D eigenvalue weighted by molar-refractivity contribution is 7.91. The molecule has 1 saturated carbocycles. The largest absolute Gasteiger partial charge is 0.304 e. The van der Waals surface area contributed by atoms with Gasteiger partial charge in [0.05, 0.1) is 16.7 Å². The number of nitriles is 1. The van der Waals surface area contributed by atoms with Crippen LogP contribution in [0, 0.1) is 16.7 Å². The van der Waals surface area contributed by atoms with Gasteiger partial charge in [0.15, 0.2) is 9.84 Å². The zero-order valence-electron chi connectivity index (χ0n) is 10.4. The van der Waals surface area contributed by atoms with Crippen LogP contribution in [0.4, 0.5) is 0 Å². The van der Waals surface area contributed by atoms with E-state index >= 15 is 0 Å². The molecule has 2 fully saturated rings. The Labute approximate surface area is 103 Å². The lowest BCUT2D eigenvalue weighted by Crippen LogP contribution is -2.46. The molecule has 0 amide bonds. The van der Waals surface area contributed by atoms with Gasteiger partial charge in [0.25, 0.3) is 0 Å². The van der Waals surface area contributed by atoms with Crippen molar-refractivity contribution in [2.24, 2.45) is 5.41 Å². The summed E-state index contributed by atoms with van der Waals surface area (Å²) in [5, 5.41) is 8.78. The minimum Gasteiger partial charge on any atom is -0.304 e. The number of hydrogen-bond acceptors (Lipinski definition) is 5. The van der Waals surface area contributed by atoms with E-state index in [-0.39, 0.29) is 0 Å². The maximum atomic E-state index is 11.5. The molecule has 0 aromatic carbocycles. The zero-order valence-corrected chi connectivity index (χ0v) is 11.2. The summed E-state index contributed by atoms with van der Waals surface area (Å²) >= 11 is 0. The van der Waals surface area contributed by atoms with E-state index in [0.717, 1.165) is 26.2 Å². The fourth-order valence-corrected chi connectivity index (χ4v) is 4.10. The molecule has 0 radical (unpaired) electrons. The van der Waals surface area contributed by atoms with Crippen molar-refractivity contribution in [2.75, 3.05) is 46.0 Å². The predicted octanol–water partition coefficient (Wildman–Crippen LogP) is -0.439. The van der Waals surface area contributed by atoms with Gasteiger partial charge in [-0.1, -0.05) is 0 Å². The SMILES string of the molecule is CN1CCN(CC2(C#N)CC2S(C)(=O)=O)CC1. The summed E-state index contributed by atoms with van der Waals surface area (Å²) in [5.41, 5.74) is -0.635. The molecule has 2 aliphatic rings. The molecule has 2 atom stereocenters. The van der Waals surface area contributed by atoms with E-state index in [1.165, 1.54) is 6.26 Å². The molecule has 0 spiro atoms. The molecule has 1 heterocycles.